The third-order valence-electron chi connectivity index (χ3n) is 5.08. The van der Waals surface area contributed by atoms with Crippen molar-refractivity contribution in [2.24, 2.45) is 0 Å². The third kappa shape index (κ3) is 4.71. The molecule has 0 saturated heterocycles. The summed E-state index contributed by atoms with van der Waals surface area (Å²) in [5, 5.41) is 17.6. The molecular formula is C22H17F2N5O5S. The number of nitrogens with one attached hydrogen (secondary N) is 2. The molecule has 0 spiro atoms. The Hall–Kier alpha value is -4.26. The molecule has 4 aromatic rings. The van der Waals surface area contributed by atoms with Crippen molar-refractivity contribution in [3.8, 4) is 11.1 Å². The maximum atomic E-state index is 15.1. The quantitative estimate of drug-likeness (QED) is 0.209. The van der Waals surface area contributed by atoms with Crippen LogP contribution in [0.5, 0.6) is 0 Å². The van der Waals surface area contributed by atoms with E-state index in [-0.39, 0.29) is 34.6 Å². The smallest absolute Gasteiger partial charge is 0.270 e. The summed E-state index contributed by atoms with van der Waals surface area (Å²) in [4.78, 5) is 27.8. The number of carbonyl (C=O) groups is 1. The number of anilines is 1. The van der Waals surface area contributed by atoms with Crippen LogP contribution in [-0.4, -0.2) is 40.1 Å². The first-order valence-electron chi connectivity index (χ1n) is 10.2. The van der Waals surface area contributed by atoms with Crippen LogP contribution >= 0.6 is 0 Å². The third-order valence-corrected chi connectivity index (χ3v) is 6.55. The fraction of sp³-hybridized carbons (Fsp3) is 0.136. The molecule has 2 N–H and O–H groups in total. The number of non-ortho nitro benzene ring substituents is 1. The molecule has 0 bridgehead atoms. The number of aromatic nitrogens is 3. The predicted octanol–water partition coefficient (Wildman–Crippen LogP) is 4.19. The summed E-state index contributed by atoms with van der Waals surface area (Å²) in [5.74, 6) is -4.01. The lowest BCUT2D eigenvalue weighted by molar-refractivity contribution is -0.384. The number of nitro benzene ring substituents is 1. The molecule has 0 fully saturated rings. The molecule has 180 valence electrons. The number of nitro groups is 1. The van der Waals surface area contributed by atoms with Crippen molar-refractivity contribution in [2.75, 3.05) is 10.5 Å². The van der Waals surface area contributed by atoms with Crippen LogP contribution in [0.15, 0.2) is 48.7 Å². The van der Waals surface area contributed by atoms with Crippen LogP contribution in [0.4, 0.5) is 20.2 Å². The Kier molecular flexibility index (Phi) is 6.26. The van der Waals surface area contributed by atoms with E-state index in [0.29, 0.717) is 11.1 Å². The summed E-state index contributed by atoms with van der Waals surface area (Å²) in [6.07, 6.45) is 1.67. The number of H-pyrrole nitrogens is 1. The second-order valence-electron chi connectivity index (χ2n) is 7.53. The van der Waals surface area contributed by atoms with Crippen LogP contribution in [0.3, 0.4) is 0 Å². The van der Waals surface area contributed by atoms with Crippen molar-refractivity contribution < 1.29 is 26.9 Å². The second kappa shape index (κ2) is 9.18. The van der Waals surface area contributed by atoms with Crippen molar-refractivity contribution >= 4 is 38.2 Å². The van der Waals surface area contributed by atoms with Crippen LogP contribution in [0.25, 0.3) is 22.2 Å². The molecule has 35 heavy (non-hydrogen) atoms. The van der Waals surface area contributed by atoms with Crippen molar-refractivity contribution in [3.05, 3.63) is 81.7 Å². The van der Waals surface area contributed by atoms with Gasteiger partial charge in [-0.25, -0.2) is 22.2 Å². The molecular weight excluding hydrogens is 484 g/mol. The number of aromatic amines is 1. The second-order valence-corrected chi connectivity index (χ2v) is 9.38. The molecule has 0 aliphatic rings. The van der Waals surface area contributed by atoms with Gasteiger partial charge in [0.2, 0.25) is 15.8 Å². The lowest BCUT2D eigenvalue weighted by atomic mass is 10.0. The van der Waals surface area contributed by atoms with E-state index in [4.69, 9.17) is 0 Å². The highest BCUT2D eigenvalue weighted by Crippen LogP contribution is 2.29. The van der Waals surface area contributed by atoms with E-state index in [9.17, 15) is 27.7 Å². The van der Waals surface area contributed by atoms with Gasteiger partial charge in [-0.2, -0.15) is 5.10 Å². The van der Waals surface area contributed by atoms with Crippen molar-refractivity contribution in [1.29, 1.82) is 0 Å². The predicted molar refractivity (Wildman–Crippen MR) is 123 cm³/mol. The van der Waals surface area contributed by atoms with Gasteiger partial charge in [0.25, 0.3) is 5.69 Å². The Morgan fingerprint density at radius 3 is 2.66 bits per heavy atom. The Bertz CT molecular complexity index is 1590. The van der Waals surface area contributed by atoms with Gasteiger partial charge in [-0.05, 0) is 30.2 Å². The first-order valence-corrected chi connectivity index (χ1v) is 11.9. The SMILES string of the molecule is CCCS(=O)(=O)Nc1ccc(F)c(C(=O)c2n[nH]c3ncc(-c4cccc([N+](=O)[O-])c4)cc23)c1F. The monoisotopic (exact) mass is 501 g/mol. The van der Waals surface area contributed by atoms with Gasteiger partial charge in [-0.15, -0.1) is 0 Å². The normalized spacial score (nSPS) is 11.5. The molecule has 0 aliphatic heterocycles. The average molecular weight is 501 g/mol. The standard InChI is InChI=1S/C22H17F2N5O5S/c1-2-8-35(33,34)28-17-7-6-16(23)18(19(17)24)21(30)20-15-10-13(11-25-22(15)27-26-20)12-4-3-5-14(9-12)29(31)32/h3-7,9-11,28H,2,8H2,1H3,(H,25,26,27). The van der Waals surface area contributed by atoms with Crippen molar-refractivity contribution in [3.63, 3.8) is 0 Å². The van der Waals surface area contributed by atoms with Crippen molar-refractivity contribution in [2.45, 2.75) is 13.3 Å². The summed E-state index contributed by atoms with van der Waals surface area (Å²) in [6, 6.07) is 8.84. The van der Waals surface area contributed by atoms with Gasteiger partial charge in [0.05, 0.1) is 27.3 Å². The number of nitrogens with zero attached hydrogens (tertiary/aromatic N) is 3. The zero-order valence-electron chi connectivity index (χ0n) is 18.1. The first kappa shape index (κ1) is 23.9. The minimum absolute atomic E-state index is 0.120. The lowest BCUT2D eigenvalue weighted by Gasteiger charge is -2.11. The minimum atomic E-state index is -3.90. The van der Waals surface area contributed by atoms with Crippen LogP contribution in [0, 0.1) is 21.7 Å². The summed E-state index contributed by atoms with van der Waals surface area (Å²) < 4.78 is 55.8. The van der Waals surface area contributed by atoms with Gasteiger partial charge in [0.15, 0.2) is 11.5 Å². The zero-order valence-corrected chi connectivity index (χ0v) is 18.9. The summed E-state index contributed by atoms with van der Waals surface area (Å²) in [5.41, 5.74) is -1.10. The van der Waals surface area contributed by atoms with Gasteiger partial charge in [-0.1, -0.05) is 19.1 Å². The summed E-state index contributed by atoms with van der Waals surface area (Å²) >= 11 is 0. The van der Waals surface area contributed by atoms with Gasteiger partial charge in [-0.3, -0.25) is 24.7 Å². The van der Waals surface area contributed by atoms with E-state index in [0.717, 1.165) is 12.1 Å². The topological polar surface area (TPSA) is 148 Å². The van der Waals surface area contributed by atoms with Crippen LogP contribution < -0.4 is 4.72 Å². The summed E-state index contributed by atoms with van der Waals surface area (Å²) in [6.45, 7) is 1.62. The fourth-order valence-electron chi connectivity index (χ4n) is 3.48. The molecule has 2 aromatic heterocycles. The van der Waals surface area contributed by atoms with E-state index < -0.39 is 43.6 Å². The Labute approximate surface area is 197 Å². The number of fused-ring (bicyclic) bond motifs is 1. The molecule has 2 heterocycles. The molecule has 4 rings (SSSR count). The lowest BCUT2D eigenvalue weighted by Crippen LogP contribution is -2.18. The van der Waals surface area contributed by atoms with Gasteiger partial charge >= 0.3 is 0 Å². The highest BCUT2D eigenvalue weighted by molar-refractivity contribution is 7.92. The van der Waals surface area contributed by atoms with E-state index in [1.807, 2.05) is 4.72 Å². The largest absolute Gasteiger partial charge is 0.287 e. The number of sulfonamides is 1. The Morgan fingerprint density at radius 2 is 1.94 bits per heavy atom. The highest BCUT2D eigenvalue weighted by Gasteiger charge is 2.27. The van der Waals surface area contributed by atoms with E-state index in [1.54, 1.807) is 13.0 Å². The van der Waals surface area contributed by atoms with Gasteiger partial charge in [0, 0.05) is 23.9 Å². The molecule has 0 amide bonds. The number of rotatable bonds is 8. The number of hydrogen-bond donors (Lipinski definition) is 2. The van der Waals surface area contributed by atoms with Crippen LogP contribution in [-0.2, 0) is 10.0 Å². The molecule has 0 saturated carbocycles. The van der Waals surface area contributed by atoms with E-state index in [1.165, 1.54) is 30.5 Å². The fourth-order valence-corrected chi connectivity index (χ4v) is 4.61. The average Bonchev–Trinajstić information content (AvgIpc) is 3.24. The number of hydrogen-bond acceptors (Lipinski definition) is 7. The zero-order chi connectivity index (χ0) is 25.3. The Balaban J connectivity index is 1.78. The minimum Gasteiger partial charge on any atom is -0.287 e. The highest BCUT2D eigenvalue weighted by atomic mass is 32.2. The number of halogens is 2. The summed E-state index contributed by atoms with van der Waals surface area (Å²) in [7, 11) is -3.90. The number of benzene rings is 2. The van der Waals surface area contributed by atoms with E-state index >= 15 is 4.39 Å². The molecule has 2 aromatic carbocycles. The first-order chi connectivity index (χ1) is 16.6. The molecule has 0 atom stereocenters. The van der Waals surface area contributed by atoms with Crippen LogP contribution in [0.1, 0.15) is 29.4 Å². The van der Waals surface area contributed by atoms with Gasteiger partial charge in [0.1, 0.15) is 11.5 Å². The van der Waals surface area contributed by atoms with Crippen LogP contribution in [0.2, 0.25) is 0 Å². The molecule has 0 radical (unpaired) electrons. The Morgan fingerprint density at radius 1 is 1.17 bits per heavy atom. The maximum absolute atomic E-state index is 15.1. The van der Waals surface area contributed by atoms with Crippen molar-refractivity contribution in [1.82, 2.24) is 15.2 Å². The number of carbonyl (C=O) groups excluding carboxylic acids is 1. The molecule has 0 unspecified atom stereocenters. The molecule has 0 aliphatic carbocycles. The number of ketones is 1. The number of pyridine rings is 1. The van der Waals surface area contributed by atoms with E-state index in [2.05, 4.69) is 15.2 Å². The van der Waals surface area contributed by atoms with Gasteiger partial charge < -0.3 is 0 Å². The molecule has 10 nitrogen and oxygen atoms in total. The maximum Gasteiger partial charge on any atom is 0.270 e. The molecule has 13 heteroatoms.